The Labute approximate surface area is 89.0 Å². The molecule has 0 bridgehead atoms. The van der Waals surface area contributed by atoms with E-state index in [1.54, 1.807) is 17.4 Å². The van der Waals surface area contributed by atoms with Gasteiger partial charge in [0.15, 0.2) is 0 Å². The summed E-state index contributed by atoms with van der Waals surface area (Å²) in [5.41, 5.74) is 0. The van der Waals surface area contributed by atoms with Crippen LogP contribution in [0.2, 0.25) is 0 Å². The summed E-state index contributed by atoms with van der Waals surface area (Å²) < 4.78 is 0. The smallest absolute Gasteiger partial charge is 0.250 e. The van der Waals surface area contributed by atoms with Gasteiger partial charge in [0.25, 0.3) is 5.91 Å². The Morgan fingerprint density at radius 1 is 1.60 bits per heavy atom. The molecule has 6 nitrogen and oxygen atoms in total. The first-order valence-corrected chi connectivity index (χ1v) is 4.99. The van der Waals surface area contributed by atoms with Crippen molar-refractivity contribution in [1.29, 1.82) is 0 Å². The molecule has 0 aliphatic rings. The zero-order valence-corrected chi connectivity index (χ0v) is 8.36. The maximum absolute atomic E-state index is 11.3. The number of carbonyl (C=O) groups excluding carboxylic acids is 1. The number of H-pyrrole nitrogens is 1. The van der Waals surface area contributed by atoms with Gasteiger partial charge in [-0.05, 0) is 27.9 Å². The average Bonchev–Trinajstić information content (AvgIpc) is 2.86. The third kappa shape index (κ3) is 2.71. The lowest BCUT2D eigenvalue weighted by atomic mass is 10.4. The highest BCUT2D eigenvalue weighted by atomic mass is 32.1. The first-order chi connectivity index (χ1) is 7.34. The lowest BCUT2D eigenvalue weighted by Crippen LogP contribution is -2.08. The molecule has 0 unspecified atom stereocenters. The van der Waals surface area contributed by atoms with E-state index in [2.05, 4.69) is 25.9 Å². The molecule has 2 heterocycles. The van der Waals surface area contributed by atoms with Gasteiger partial charge in [-0.2, -0.15) is 0 Å². The van der Waals surface area contributed by atoms with Crippen LogP contribution in [-0.4, -0.2) is 26.5 Å². The number of aromatic amines is 1. The zero-order valence-electron chi connectivity index (χ0n) is 7.54. The highest BCUT2D eigenvalue weighted by Crippen LogP contribution is 2.09. The normalized spacial score (nSPS) is 10.7. The average molecular weight is 221 g/mol. The third-order valence-corrected chi connectivity index (χ3v) is 2.37. The second-order valence-corrected chi connectivity index (χ2v) is 3.57. The van der Waals surface area contributed by atoms with Crippen molar-refractivity contribution in [3.63, 3.8) is 0 Å². The van der Waals surface area contributed by atoms with Crippen LogP contribution in [0.4, 0.5) is 5.95 Å². The number of anilines is 1. The van der Waals surface area contributed by atoms with E-state index >= 15 is 0 Å². The minimum atomic E-state index is -0.276. The highest BCUT2D eigenvalue weighted by molar-refractivity contribution is 7.10. The highest BCUT2D eigenvalue weighted by Gasteiger charge is 1.99. The van der Waals surface area contributed by atoms with Crippen LogP contribution in [0.5, 0.6) is 0 Å². The number of tetrazole rings is 1. The summed E-state index contributed by atoms with van der Waals surface area (Å²) in [7, 11) is 0. The molecular formula is C8H7N5OS. The van der Waals surface area contributed by atoms with E-state index in [1.165, 1.54) is 6.08 Å². The summed E-state index contributed by atoms with van der Waals surface area (Å²) in [4.78, 5) is 12.3. The fraction of sp³-hybridized carbons (Fsp3) is 0. The summed E-state index contributed by atoms with van der Waals surface area (Å²) in [6.45, 7) is 0. The van der Waals surface area contributed by atoms with E-state index in [0.717, 1.165) is 4.88 Å². The number of thiophene rings is 1. The fourth-order valence-electron chi connectivity index (χ4n) is 0.914. The van der Waals surface area contributed by atoms with Gasteiger partial charge in [0.2, 0.25) is 5.95 Å². The lowest BCUT2D eigenvalue weighted by molar-refractivity contribution is -0.111. The molecule has 0 saturated carbocycles. The van der Waals surface area contributed by atoms with Gasteiger partial charge in [0.1, 0.15) is 0 Å². The number of aromatic nitrogens is 4. The summed E-state index contributed by atoms with van der Waals surface area (Å²) in [5.74, 6) is -0.0437. The van der Waals surface area contributed by atoms with Crippen molar-refractivity contribution in [3.8, 4) is 0 Å². The van der Waals surface area contributed by atoms with Gasteiger partial charge in [-0.3, -0.25) is 10.1 Å². The van der Waals surface area contributed by atoms with Crippen LogP contribution in [0.3, 0.4) is 0 Å². The molecule has 0 radical (unpaired) electrons. The Bertz CT molecular complexity index is 447. The molecule has 15 heavy (non-hydrogen) atoms. The van der Waals surface area contributed by atoms with Crippen LogP contribution in [0.15, 0.2) is 23.6 Å². The van der Waals surface area contributed by atoms with Crippen molar-refractivity contribution in [3.05, 3.63) is 28.5 Å². The first kappa shape index (κ1) is 9.53. The van der Waals surface area contributed by atoms with E-state index in [1.807, 2.05) is 17.5 Å². The van der Waals surface area contributed by atoms with Crippen LogP contribution in [-0.2, 0) is 4.79 Å². The molecule has 2 aromatic heterocycles. The molecular weight excluding hydrogens is 214 g/mol. The van der Waals surface area contributed by atoms with Crippen molar-refractivity contribution in [2.75, 3.05) is 5.32 Å². The number of nitrogens with one attached hydrogen (secondary N) is 2. The molecule has 0 aromatic carbocycles. The van der Waals surface area contributed by atoms with Crippen molar-refractivity contribution in [2.24, 2.45) is 0 Å². The summed E-state index contributed by atoms with van der Waals surface area (Å²) in [6, 6.07) is 3.84. The maximum Gasteiger partial charge on any atom is 0.250 e. The van der Waals surface area contributed by atoms with Crippen molar-refractivity contribution in [1.82, 2.24) is 20.6 Å². The number of nitrogens with zero attached hydrogens (tertiary/aromatic N) is 3. The molecule has 2 rings (SSSR count). The van der Waals surface area contributed by atoms with Gasteiger partial charge in [0.05, 0.1) is 0 Å². The number of rotatable bonds is 3. The second-order valence-electron chi connectivity index (χ2n) is 2.59. The van der Waals surface area contributed by atoms with E-state index in [9.17, 15) is 4.79 Å². The van der Waals surface area contributed by atoms with Gasteiger partial charge < -0.3 is 0 Å². The molecule has 0 spiro atoms. The maximum atomic E-state index is 11.3. The van der Waals surface area contributed by atoms with Crippen LogP contribution >= 0.6 is 11.3 Å². The van der Waals surface area contributed by atoms with Crippen LogP contribution in [0, 0.1) is 0 Å². The standard InChI is InChI=1S/C8H7N5OS/c14-7(9-8-10-12-13-11-8)4-3-6-2-1-5-15-6/h1-5H,(H2,9,10,11,12,13,14). The van der Waals surface area contributed by atoms with E-state index in [0.29, 0.717) is 0 Å². The molecule has 0 saturated heterocycles. The summed E-state index contributed by atoms with van der Waals surface area (Å²) >= 11 is 1.56. The molecule has 0 aliphatic heterocycles. The van der Waals surface area contributed by atoms with Crippen LogP contribution < -0.4 is 5.32 Å². The third-order valence-electron chi connectivity index (χ3n) is 1.53. The topological polar surface area (TPSA) is 83.6 Å². The minimum Gasteiger partial charge on any atom is -0.290 e. The zero-order chi connectivity index (χ0) is 10.5. The molecule has 2 aromatic rings. The Morgan fingerprint density at radius 2 is 2.53 bits per heavy atom. The first-order valence-electron chi connectivity index (χ1n) is 4.11. The van der Waals surface area contributed by atoms with Gasteiger partial charge in [-0.15, -0.1) is 11.3 Å². The predicted octanol–water partition coefficient (Wildman–Crippen LogP) is 0.913. The molecule has 0 atom stereocenters. The van der Waals surface area contributed by atoms with Gasteiger partial charge in [-0.1, -0.05) is 11.2 Å². The molecule has 76 valence electrons. The SMILES string of the molecule is O=C(C=Cc1cccs1)Nc1nnn[nH]1. The van der Waals surface area contributed by atoms with Gasteiger partial charge in [0, 0.05) is 11.0 Å². The fourth-order valence-corrected chi connectivity index (χ4v) is 1.53. The van der Waals surface area contributed by atoms with Crippen LogP contribution in [0.25, 0.3) is 6.08 Å². The molecule has 0 aliphatic carbocycles. The Morgan fingerprint density at radius 3 is 3.20 bits per heavy atom. The Balaban J connectivity index is 1.93. The van der Waals surface area contributed by atoms with Crippen molar-refractivity contribution >= 4 is 29.3 Å². The number of carbonyl (C=O) groups is 1. The summed E-state index contributed by atoms with van der Waals surface area (Å²) in [5, 5.41) is 17.0. The largest absolute Gasteiger partial charge is 0.290 e. The monoisotopic (exact) mass is 221 g/mol. The Hall–Kier alpha value is -2.02. The number of amides is 1. The van der Waals surface area contributed by atoms with Crippen molar-refractivity contribution < 1.29 is 4.79 Å². The number of hydrogen-bond acceptors (Lipinski definition) is 5. The minimum absolute atomic E-state index is 0.232. The lowest BCUT2D eigenvalue weighted by Gasteiger charge is -1.92. The second kappa shape index (κ2) is 4.47. The van der Waals surface area contributed by atoms with Crippen LogP contribution in [0.1, 0.15) is 4.88 Å². The van der Waals surface area contributed by atoms with E-state index in [-0.39, 0.29) is 11.9 Å². The molecule has 1 amide bonds. The molecule has 0 fully saturated rings. The van der Waals surface area contributed by atoms with Gasteiger partial charge >= 0.3 is 0 Å². The number of hydrogen-bond donors (Lipinski definition) is 2. The van der Waals surface area contributed by atoms with E-state index < -0.39 is 0 Å². The van der Waals surface area contributed by atoms with Crippen molar-refractivity contribution in [2.45, 2.75) is 0 Å². The molecule has 2 N–H and O–H groups in total. The summed E-state index contributed by atoms with van der Waals surface area (Å²) in [6.07, 6.45) is 3.15. The quantitative estimate of drug-likeness (QED) is 0.755. The van der Waals surface area contributed by atoms with Gasteiger partial charge in [-0.25, -0.2) is 5.10 Å². The molecule has 7 heteroatoms. The predicted molar refractivity (Wildman–Crippen MR) is 56.2 cm³/mol. The Kier molecular flexibility index (Phi) is 2.84. The van der Waals surface area contributed by atoms with E-state index in [4.69, 9.17) is 0 Å².